The lowest BCUT2D eigenvalue weighted by Crippen LogP contribution is -2.26. The van der Waals surface area contributed by atoms with E-state index in [1.54, 1.807) is 24.5 Å². The van der Waals surface area contributed by atoms with E-state index in [1.807, 2.05) is 73.7 Å². The second kappa shape index (κ2) is 9.33. The molecule has 6 nitrogen and oxygen atoms in total. The summed E-state index contributed by atoms with van der Waals surface area (Å²) >= 11 is 3.57. The fraction of sp³-hybridized carbons (Fsp3) is 0.100. The zero-order valence-electron chi connectivity index (χ0n) is 19.9. The van der Waals surface area contributed by atoms with Gasteiger partial charge in [-0.2, -0.15) is 5.10 Å². The summed E-state index contributed by atoms with van der Waals surface area (Å²) in [6.07, 6.45) is 1.92. The Morgan fingerprint density at radius 1 is 1.00 bits per heavy atom. The van der Waals surface area contributed by atoms with Gasteiger partial charge in [-0.25, -0.2) is 5.01 Å². The van der Waals surface area contributed by atoms with Gasteiger partial charge in [-0.1, -0.05) is 64.0 Å². The van der Waals surface area contributed by atoms with Crippen LogP contribution in [0.5, 0.6) is 0 Å². The van der Waals surface area contributed by atoms with Gasteiger partial charge in [0.25, 0.3) is 11.5 Å². The average molecular weight is 552 g/mol. The van der Waals surface area contributed by atoms with Gasteiger partial charge in [-0.3, -0.25) is 9.59 Å². The minimum Gasteiger partial charge on any atom is -0.467 e. The quantitative estimate of drug-likeness (QED) is 0.265. The van der Waals surface area contributed by atoms with E-state index in [1.165, 1.54) is 5.01 Å². The molecule has 182 valence electrons. The van der Waals surface area contributed by atoms with Crippen LogP contribution in [0.2, 0.25) is 0 Å². The molecule has 0 saturated carbocycles. The molecule has 3 aromatic carbocycles. The summed E-state index contributed by atoms with van der Waals surface area (Å²) in [5.41, 5.74) is 4.71. The SMILES string of the molecule is Cc1ccc(C(=O)N2N=C(c3c(-c4ccccc4)c4cc(Br)ccc4[nH]c3=O)CC2c2ccco2)cc1. The summed E-state index contributed by atoms with van der Waals surface area (Å²) in [5.74, 6) is 0.359. The van der Waals surface area contributed by atoms with Gasteiger partial charge in [0, 0.05) is 32.9 Å². The van der Waals surface area contributed by atoms with Crippen LogP contribution in [-0.4, -0.2) is 21.6 Å². The number of hydrazone groups is 1. The zero-order chi connectivity index (χ0) is 25.5. The minimum atomic E-state index is -0.472. The van der Waals surface area contributed by atoms with Crippen molar-refractivity contribution in [3.63, 3.8) is 0 Å². The Kier molecular flexibility index (Phi) is 5.85. The Bertz CT molecular complexity index is 1710. The van der Waals surface area contributed by atoms with Crippen LogP contribution < -0.4 is 5.56 Å². The van der Waals surface area contributed by atoms with Crippen LogP contribution in [0.15, 0.2) is 110 Å². The Hall–Kier alpha value is -4.23. The summed E-state index contributed by atoms with van der Waals surface area (Å²) < 4.78 is 6.61. The summed E-state index contributed by atoms with van der Waals surface area (Å²) in [4.78, 5) is 30.2. The molecule has 0 radical (unpaired) electrons. The monoisotopic (exact) mass is 551 g/mol. The van der Waals surface area contributed by atoms with Crippen molar-refractivity contribution < 1.29 is 9.21 Å². The molecule has 6 rings (SSSR count). The third-order valence-electron chi connectivity index (χ3n) is 6.62. The highest BCUT2D eigenvalue weighted by atomic mass is 79.9. The molecule has 1 aliphatic heterocycles. The molecule has 0 bridgehead atoms. The van der Waals surface area contributed by atoms with E-state index in [9.17, 15) is 9.59 Å². The first-order valence-corrected chi connectivity index (χ1v) is 12.7. The van der Waals surface area contributed by atoms with Gasteiger partial charge in [-0.15, -0.1) is 0 Å². The highest BCUT2D eigenvalue weighted by Crippen LogP contribution is 2.38. The van der Waals surface area contributed by atoms with Gasteiger partial charge in [-0.05, 0) is 55.0 Å². The number of carbonyl (C=O) groups is 1. The third kappa shape index (κ3) is 4.21. The highest BCUT2D eigenvalue weighted by molar-refractivity contribution is 9.10. The van der Waals surface area contributed by atoms with Crippen LogP contribution in [0.1, 0.15) is 39.7 Å². The lowest BCUT2D eigenvalue weighted by molar-refractivity contribution is 0.0693. The molecule has 5 aromatic rings. The summed E-state index contributed by atoms with van der Waals surface area (Å²) in [6, 6.07) is 26.1. The van der Waals surface area contributed by atoms with Gasteiger partial charge >= 0.3 is 0 Å². The molecule has 0 fully saturated rings. The van der Waals surface area contributed by atoms with Gasteiger partial charge in [0.1, 0.15) is 11.8 Å². The molecular formula is C30H22BrN3O3. The van der Waals surface area contributed by atoms with Crippen molar-refractivity contribution >= 4 is 38.5 Å². The Labute approximate surface area is 221 Å². The zero-order valence-corrected chi connectivity index (χ0v) is 21.5. The van der Waals surface area contributed by atoms with Crippen LogP contribution in [0, 0.1) is 6.92 Å². The number of benzene rings is 3. The normalized spacial score (nSPS) is 15.2. The minimum absolute atomic E-state index is 0.252. The molecule has 1 amide bonds. The number of aromatic nitrogens is 1. The number of nitrogens with zero attached hydrogens (tertiary/aromatic N) is 2. The predicted molar refractivity (Wildman–Crippen MR) is 148 cm³/mol. The molecule has 0 saturated heterocycles. The molecule has 3 heterocycles. The third-order valence-corrected chi connectivity index (χ3v) is 7.11. The molecule has 2 aromatic heterocycles. The summed E-state index contributed by atoms with van der Waals surface area (Å²) in [5, 5.41) is 7.11. The summed E-state index contributed by atoms with van der Waals surface area (Å²) in [7, 11) is 0. The first-order valence-electron chi connectivity index (χ1n) is 11.9. The number of halogens is 1. The van der Waals surface area contributed by atoms with Crippen molar-refractivity contribution in [2.75, 3.05) is 0 Å². The maximum Gasteiger partial charge on any atom is 0.274 e. The number of furan rings is 1. The number of hydrogen-bond donors (Lipinski definition) is 1. The number of amides is 1. The maximum atomic E-state index is 13.6. The number of aryl methyl sites for hydroxylation is 1. The lowest BCUT2D eigenvalue weighted by Gasteiger charge is -2.20. The number of fused-ring (bicyclic) bond motifs is 1. The highest BCUT2D eigenvalue weighted by Gasteiger charge is 2.37. The smallest absolute Gasteiger partial charge is 0.274 e. The fourth-order valence-corrected chi connectivity index (χ4v) is 5.19. The van der Waals surface area contributed by atoms with Gasteiger partial charge in [0.05, 0.1) is 17.5 Å². The van der Waals surface area contributed by atoms with E-state index in [0.29, 0.717) is 29.0 Å². The molecule has 1 aliphatic rings. The second-order valence-electron chi connectivity index (χ2n) is 9.06. The molecule has 1 unspecified atom stereocenters. The maximum absolute atomic E-state index is 13.6. The van der Waals surface area contributed by atoms with Crippen molar-refractivity contribution in [1.29, 1.82) is 0 Å². The van der Waals surface area contributed by atoms with Crippen molar-refractivity contribution in [3.8, 4) is 11.1 Å². The predicted octanol–water partition coefficient (Wildman–Crippen LogP) is 6.85. The van der Waals surface area contributed by atoms with Gasteiger partial charge in [0.2, 0.25) is 0 Å². The number of pyridine rings is 1. The van der Waals surface area contributed by atoms with Crippen molar-refractivity contribution in [2.45, 2.75) is 19.4 Å². The molecule has 0 spiro atoms. The Morgan fingerprint density at radius 2 is 1.78 bits per heavy atom. The van der Waals surface area contributed by atoms with E-state index in [2.05, 4.69) is 20.9 Å². The molecule has 37 heavy (non-hydrogen) atoms. The number of rotatable bonds is 4. The van der Waals surface area contributed by atoms with Crippen molar-refractivity contribution in [3.05, 3.63) is 128 Å². The number of nitrogens with one attached hydrogen (secondary N) is 1. The van der Waals surface area contributed by atoms with Crippen LogP contribution in [0.25, 0.3) is 22.0 Å². The number of carbonyl (C=O) groups excluding carboxylic acids is 1. The number of aromatic amines is 1. The Balaban J connectivity index is 1.56. The lowest BCUT2D eigenvalue weighted by atomic mass is 9.92. The van der Waals surface area contributed by atoms with Crippen LogP contribution in [0.3, 0.4) is 0 Å². The first-order chi connectivity index (χ1) is 18.0. The van der Waals surface area contributed by atoms with Gasteiger partial charge in [0.15, 0.2) is 0 Å². The summed E-state index contributed by atoms with van der Waals surface area (Å²) in [6.45, 7) is 1.97. The van der Waals surface area contributed by atoms with E-state index in [0.717, 1.165) is 32.1 Å². The van der Waals surface area contributed by atoms with E-state index in [4.69, 9.17) is 9.52 Å². The van der Waals surface area contributed by atoms with Crippen molar-refractivity contribution in [2.24, 2.45) is 5.10 Å². The number of H-pyrrole nitrogens is 1. The van der Waals surface area contributed by atoms with Crippen LogP contribution >= 0.6 is 15.9 Å². The van der Waals surface area contributed by atoms with E-state index >= 15 is 0 Å². The van der Waals surface area contributed by atoms with Crippen LogP contribution in [0.4, 0.5) is 0 Å². The molecular weight excluding hydrogens is 530 g/mol. The molecule has 1 atom stereocenters. The van der Waals surface area contributed by atoms with E-state index in [-0.39, 0.29) is 11.5 Å². The first kappa shape index (κ1) is 23.2. The van der Waals surface area contributed by atoms with Crippen LogP contribution in [-0.2, 0) is 0 Å². The van der Waals surface area contributed by atoms with Crippen molar-refractivity contribution in [1.82, 2.24) is 9.99 Å². The van der Waals surface area contributed by atoms with Gasteiger partial charge < -0.3 is 9.40 Å². The average Bonchev–Trinajstić information content (AvgIpc) is 3.59. The topological polar surface area (TPSA) is 78.7 Å². The number of hydrogen-bond acceptors (Lipinski definition) is 4. The Morgan fingerprint density at radius 3 is 2.51 bits per heavy atom. The molecule has 0 aliphatic carbocycles. The standard InChI is InChI=1S/C30H22BrN3O3/c1-18-9-11-20(12-10-18)30(36)34-25(26-8-5-15-37-26)17-24(33-34)28-27(19-6-3-2-4-7-19)22-16-21(31)13-14-23(22)32-29(28)35/h2-16,25H,17H2,1H3,(H,32,35). The molecule has 7 heteroatoms. The van der Waals surface area contributed by atoms with E-state index < -0.39 is 6.04 Å². The fourth-order valence-electron chi connectivity index (χ4n) is 4.82. The molecule has 1 N–H and O–H groups in total. The second-order valence-corrected chi connectivity index (χ2v) is 9.97. The largest absolute Gasteiger partial charge is 0.467 e.